The fourth-order valence-corrected chi connectivity index (χ4v) is 3.06. The van der Waals surface area contributed by atoms with Crippen molar-refractivity contribution in [2.24, 2.45) is 11.1 Å². The number of nitrogens with one attached hydrogen (secondary N) is 1. The maximum Gasteiger partial charge on any atom is 0.354 e. The highest BCUT2D eigenvalue weighted by Gasteiger charge is 2.16. The smallest absolute Gasteiger partial charge is 0.354 e. The zero-order chi connectivity index (χ0) is 17.1. The third-order valence-electron chi connectivity index (χ3n) is 4.26. The molecule has 3 rings (SSSR count). The molecule has 2 aromatic rings. The summed E-state index contributed by atoms with van der Waals surface area (Å²) in [6, 6.07) is 5.51. The van der Waals surface area contributed by atoms with E-state index in [4.69, 9.17) is 4.84 Å². The fraction of sp³-hybridized carbons (Fsp3) is 0.389. The van der Waals surface area contributed by atoms with Crippen LogP contribution in [0.3, 0.4) is 0 Å². The summed E-state index contributed by atoms with van der Waals surface area (Å²) in [5.74, 6) is -0.659. The van der Waals surface area contributed by atoms with Crippen LogP contribution in [0, 0.1) is 19.8 Å². The average molecular weight is 327 g/mol. The number of carbonyl (C=O) groups is 1. The van der Waals surface area contributed by atoms with E-state index in [1.54, 1.807) is 6.07 Å². The number of carboxylic acids is 1. The summed E-state index contributed by atoms with van der Waals surface area (Å²) in [4.78, 5) is 23.9. The summed E-state index contributed by atoms with van der Waals surface area (Å²) in [6.45, 7) is 4.66. The second-order valence-electron chi connectivity index (χ2n) is 6.19. The van der Waals surface area contributed by atoms with E-state index in [1.807, 2.05) is 26.1 Å². The van der Waals surface area contributed by atoms with Crippen molar-refractivity contribution >= 4 is 12.2 Å². The Labute approximate surface area is 140 Å². The number of H-pyrrole nitrogens is 1. The van der Waals surface area contributed by atoms with Crippen LogP contribution in [0.1, 0.15) is 40.4 Å². The van der Waals surface area contributed by atoms with Crippen LogP contribution in [-0.4, -0.2) is 33.9 Å². The molecule has 0 aromatic carbocycles. The Bertz CT molecular complexity index is 780. The first-order chi connectivity index (χ1) is 11.5. The van der Waals surface area contributed by atoms with Crippen LogP contribution in [0.25, 0.3) is 11.1 Å². The molecule has 1 aliphatic rings. The van der Waals surface area contributed by atoms with Crippen molar-refractivity contribution in [3.63, 3.8) is 0 Å². The van der Waals surface area contributed by atoms with E-state index >= 15 is 0 Å². The standard InChI is InChI=1S/C18H21N3O3/c1-11-8-15(12(2)20-11)14-6-7-17(18(22)23)21-16(14)5-3-4-13-9-19-24-10-13/h6-9,13,20H,3-5,10H2,1-2H3,(H,22,23). The van der Waals surface area contributed by atoms with Gasteiger partial charge < -0.3 is 14.9 Å². The molecule has 0 radical (unpaired) electrons. The summed E-state index contributed by atoms with van der Waals surface area (Å²) >= 11 is 0. The van der Waals surface area contributed by atoms with Crippen molar-refractivity contribution in [2.75, 3.05) is 6.61 Å². The molecule has 0 saturated carbocycles. The molecule has 2 N–H and O–H groups in total. The lowest BCUT2D eigenvalue weighted by Crippen LogP contribution is -2.07. The maximum atomic E-state index is 11.3. The lowest BCUT2D eigenvalue weighted by molar-refractivity contribution is 0.0690. The van der Waals surface area contributed by atoms with Crippen molar-refractivity contribution in [2.45, 2.75) is 33.1 Å². The number of carboxylic acid groups (broad SMARTS) is 1. The van der Waals surface area contributed by atoms with Crippen molar-refractivity contribution in [3.05, 3.63) is 41.0 Å². The highest BCUT2D eigenvalue weighted by Crippen LogP contribution is 2.28. The molecule has 6 nitrogen and oxygen atoms in total. The van der Waals surface area contributed by atoms with Gasteiger partial charge in [-0.3, -0.25) is 0 Å². The molecule has 24 heavy (non-hydrogen) atoms. The molecule has 2 aromatic heterocycles. The van der Waals surface area contributed by atoms with Crippen LogP contribution in [0.2, 0.25) is 0 Å². The normalized spacial score (nSPS) is 16.3. The third kappa shape index (κ3) is 3.48. The Morgan fingerprint density at radius 1 is 1.38 bits per heavy atom. The SMILES string of the molecule is Cc1cc(-c2ccc(C(=O)O)nc2CCCC2C=NOC2)c(C)[nH]1. The number of aromatic nitrogens is 2. The van der Waals surface area contributed by atoms with Gasteiger partial charge in [0.05, 0.1) is 6.21 Å². The molecule has 0 amide bonds. The van der Waals surface area contributed by atoms with Gasteiger partial charge in [-0.25, -0.2) is 9.78 Å². The van der Waals surface area contributed by atoms with Crippen LogP contribution in [0.5, 0.6) is 0 Å². The first-order valence-corrected chi connectivity index (χ1v) is 8.10. The summed E-state index contributed by atoms with van der Waals surface area (Å²) < 4.78 is 0. The summed E-state index contributed by atoms with van der Waals surface area (Å²) in [5, 5.41) is 13.0. The Hall–Kier alpha value is -2.63. The van der Waals surface area contributed by atoms with E-state index in [2.05, 4.69) is 21.2 Å². The molecule has 126 valence electrons. The molecule has 0 aliphatic carbocycles. The minimum atomic E-state index is -0.999. The lowest BCUT2D eigenvalue weighted by Gasteiger charge is -2.11. The first-order valence-electron chi connectivity index (χ1n) is 8.10. The molecule has 0 bridgehead atoms. The monoisotopic (exact) mass is 327 g/mol. The number of oxime groups is 1. The van der Waals surface area contributed by atoms with Crippen LogP contribution >= 0.6 is 0 Å². The van der Waals surface area contributed by atoms with Gasteiger partial charge in [-0.2, -0.15) is 0 Å². The van der Waals surface area contributed by atoms with Crippen LogP contribution < -0.4 is 0 Å². The van der Waals surface area contributed by atoms with Crippen molar-refractivity contribution in [1.82, 2.24) is 9.97 Å². The van der Waals surface area contributed by atoms with Gasteiger partial charge in [0, 0.05) is 34.1 Å². The van der Waals surface area contributed by atoms with Crippen molar-refractivity contribution in [1.29, 1.82) is 0 Å². The van der Waals surface area contributed by atoms with Gasteiger partial charge in [0.15, 0.2) is 0 Å². The zero-order valence-corrected chi connectivity index (χ0v) is 13.9. The molecule has 3 heterocycles. The molecule has 0 spiro atoms. The Balaban J connectivity index is 1.85. The van der Waals surface area contributed by atoms with E-state index in [9.17, 15) is 9.90 Å². The largest absolute Gasteiger partial charge is 0.477 e. The van der Waals surface area contributed by atoms with Gasteiger partial charge in [0.2, 0.25) is 0 Å². The minimum Gasteiger partial charge on any atom is -0.477 e. The molecule has 0 fully saturated rings. The zero-order valence-electron chi connectivity index (χ0n) is 13.9. The molecular weight excluding hydrogens is 306 g/mol. The number of nitrogens with zero attached hydrogens (tertiary/aromatic N) is 2. The van der Waals surface area contributed by atoms with Gasteiger partial charge in [-0.1, -0.05) is 11.2 Å². The predicted molar refractivity (Wildman–Crippen MR) is 91.3 cm³/mol. The highest BCUT2D eigenvalue weighted by molar-refractivity contribution is 5.86. The van der Waals surface area contributed by atoms with E-state index in [0.29, 0.717) is 12.5 Å². The lowest BCUT2D eigenvalue weighted by atomic mass is 9.98. The molecular formula is C18H21N3O3. The van der Waals surface area contributed by atoms with Crippen LogP contribution in [-0.2, 0) is 11.3 Å². The number of aromatic amines is 1. The van der Waals surface area contributed by atoms with E-state index in [1.165, 1.54) is 0 Å². The molecule has 0 saturated heterocycles. The third-order valence-corrected chi connectivity index (χ3v) is 4.26. The minimum absolute atomic E-state index is 0.0874. The maximum absolute atomic E-state index is 11.3. The fourth-order valence-electron chi connectivity index (χ4n) is 3.06. The molecule has 1 atom stereocenters. The van der Waals surface area contributed by atoms with Crippen molar-refractivity contribution < 1.29 is 14.7 Å². The molecule has 1 unspecified atom stereocenters. The van der Waals surface area contributed by atoms with Crippen molar-refractivity contribution in [3.8, 4) is 11.1 Å². The van der Waals surface area contributed by atoms with Gasteiger partial charge in [-0.15, -0.1) is 0 Å². The van der Waals surface area contributed by atoms with Crippen LogP contribution in [0.15, 0.2) is 23.4 Å². The summed E-state index contributed by atoms with van der Waals surface area (Å²) in [5.41, 5.74) is 5.14. The predicted octanol–water partition coefficient (Wildman–Crippen LogP) is 3.35. The topological polar surface area (TPSA) is 87.6 Å². The summed E-state index contributed by atoms with van der Waals surface area (Å²) in [7, 11) is 0. The first kappa shape index (κ1) is 16.2. The Morgan fingerprint density at radius 2 is 2.21 bits per heavy atom. The number of pyridine rings is 1. The van der Waals surface area contributed by atoms with Gasteiger partial charge in [0.1, 0.15) is 12.3 Å². The Morgan fingerprint density at radius 3 is 2.83 bits per heavy atom. The van der Waals surface area contributed by atoms with Gasteiger partial charge in [-0.05, 0) is 45.2 Å². The number of hydrogen-bond donors (Lipinski definition) is 2. The number of aromatic carboxylic acids is 1. The molecule has 6 heteroatoms. The van der Waals surface area contributed by atoms with E-state index < -0.39 is 5.97 Å². The highest BCUT2D eigenvalue weighted by atomic mass is 16.6. The number of hydrogen-bond acceptors (Lipinski definition) is 4. The second-order valence-corrected chi connectivity index (χ2v) is 6.19. The quantitative estimate of drug-likeness (QED) is 0.851. The number of rotatable bonds is 6. The summed E-state index contributed by atoms with van der Waals surface area (Å²) in [6.07, 6.45) is 4.42. The average Bonchev–Trinajstić information content (AvgIpc) is 3.16. The number of aryl methyl sites for hydroxylation is 3. The van der Waals surface area contributed by atoms with E-state index in [-0.39, 0.29) is 5.69 Å². The van der Waals surface area contributed by atoms with E-state index in [0.717, 1.165) is 47.5 Å². The van der Waals surface area contributed by atoms with Gasteiger partial charge >= 0.3 is 5.97 Å². The van der Waals surface area contributed by atoms with Crippen LogP contribution in [0.4, 0.5) is 0 Å². The molecule has 1 aliphatic heterocycles. The Kier molecular flexibility index (Phi) is 4.64. The van der Waals surface area contributed by atoms with Gasteiger partial charge in [0.25, 0.3) is 0 Å². The second kappa shape index (κ2) is 6.86.